The minimum atomic E-state index is 0. The highest BCUT2D eigenvalue weighted by Gasteiger charge is 2.41. The van der Waals surface area contributed by atoms with Crippen LogP contribution in [0.15, 0.2) is 4.99 Å². The van der Waals surface area contributed by atoms with E-state index in [0.29, 0.717) is 24.2 Å². The molecule has 6 nitrogen and oxygen atoms in total. The van der Waals surface area contributed by atoms with Crippen LogP contribution < -0.4 is 10.6 Å². The Balaban J connectivity index is 0.00000208. The van der Waals surface area contributed by atoms with Crippen molar-refractivity contribution in [3.8, 4) is 0 Å². The Labute approximate surface area is 162 Å². The second kappa shape index (κ2) is 10.8. The molecule has 0 amide bonds. The fraction of sp³-hybridized carbons (Fsp3) is 0.941. The summed E-state index contributed by atoms with van der Waals surface area (Å²) in [5.74, 6) is 1.51. The van der Waals surface area contributed by atoms with Crippen molar-refractivity contribution < 1.29 is 14.2 Å². The largest absolute Gasteiger partial charge is 0.381 e. The highest BCUT2D eigenvalue weighted by Crippen LogP contribution is 2.34. The molecule has 2 bridgehead atoms. The first kappa shape index (κ1) is 20.2. The van der Waals surface area contributed by atoms with Crippen molar-refractivity contribution in [3.63, 3.8) is 0 Å². The number of ether oxygens (including phenoxy) is 3. The first-order chi connectivity index (χ1) is 11.3. The maximum Gasteiger partial charge on any atom is 0.191 e. The minimum absolute atomic E-state index is 0. The van der Waals surface area contributed by atoms with Gasteiger partial charge in [-0.2, -0.15) is 0 Å². The molecule has 0 spiro atoms. The Morgan fingerprint density at radius 1 is 1.29 bits per heavy atom. The molecule has 3 fully saturated rings. The molecule has 7 heteroatoms. The summed E-state index contributed by atoms with van der Waals surface area (Å²) in [5, 5.41) is 6.87. The van der Waals surface area contributed by atoms with E-state index in [1.807, 2.05) is 0 Å². The zero-order valence-electron chi connectivity index (χ0n) is 14.7. The van der Waals surface area contributed by atoms with Gasteiger partial charge in [0.1, 0.15) is 0 Å². The van der Waals surface area contributed by atoms with Crippen LogP contribution in [0.5, 0.6) is 0 Å². The van der Waals surface area contributed by atoms with Crippen LogP contribution in [0.25, 0.3) is 0 Å². The average molecular weight is 453 g/mol. The minimum Gasteiger partial charge on any atom is -0.381 e. The molecule has 3 aliphatic heterocycles. The van der Waals surface area contributed by atoms with Gasteiger partial charge < -0.3 is 24.8 Å². The number of rotatable bonds is 8. The van der Waals surface area contributed by atoms with Crippen molar-refractivity contribution in [2.45, 2.75) is 57.3 Å². The summed E-state index contributed by atoms with van der Waals surface area (Å²) in [6.07, 6.45) is 6.45. The predicted octanol–water partition coefficient (Wildman–Crippen LogP) is 1.92. The van der Waals surface area contributed by atoms with Crippen molar-refractivity contribution in [2.75, 3.05) is 39.5 Å². The van der Waals surface area contributed by atoms with E-state index in [0.717, 1.165) is 64.7 Å². The van der Waals surface area contributed by atoms with Crippen molar-refractivity contribution in [3.05, 3.63) is 0 Å². The quantitative estimate of drug-likeness (QED) is 0.255. The third kappa shape index (κ3) is 6.00. The number of nitrogens with one attached hydrogen (secondary N) is 2. The van der Waals surface area contributed by atoms with Crippen LogP contribution in [-0.4, -0.2) is 63.7 Å². The monoisotopic (exact) mass is 453 g/mol. The zero-order valence-corrected chi connectivity index (χ0v) is 17.0. The molecular formula is C17H32IN3O3. The van der Waals surface area contributed by atoms with Gasteiger partial charge in [0.05, 0.1) is 31.5 Å². The van der Waals surface area contributed by atoms with Gasteiger partial charge in [-0.25, -0.2) is 0 Å². The lowest BCUT2D eigenvalue weighted by Gasteiger charge is -2.22. The van der Waals surface area contributed by atoms with Gasteiger partial charge in [0.2, 0.25) is 0 Å². The molecule has 0 aromatic heterocycles. The molecule has 0 saturated carbocycles. The van der Waals surface area contributed by atoms with Gasteiger partial charge >= 0.3 is 0 Å². The first-order valence-electron chi connectivity index (χ1n) is 9.21. The molecule has 4 atom stereocenters. The highest BCUT2D eigenvalue weighted by molar-refractivity contribution is 14.0. The van der Waals surface area contributed by atoms with Crippen LogP contribution in [0.4, 0.5) is 0 Å². The van der Waals surface area contributed by atoms with Gasteiger partial charge in [0, 0.05) is 32.2 Å². The number of guanidine groups is 1. The fourth-order valence-corrected chi connectivity index (χ4v) is 3.61. The number of halogens is 1. The van der Waals surface area contributed by atoms with Crippen LogP contribution in [0.3, 0.4) is 0 Å². The molecule has 0 aromatic carbocycles. The normalized spacial score (nSPS) is 32.0. The molecule has 0 aromatic rings. The molecule has 3 aliphatic rings. The van der Waals surface area contributed by atoms with Crippen molar-refractivity contribution >= 4 is 29.9 Å². The Morgan fingerprint density at radius 2 is 2.21 bits per heavy atom. The lowest BCUT2D eigenvalue weighted by atomic mass is 9.96. The van der Waals surface area contributed by atoms with Crippen molar-refractivity contribution in [2.24, 2.45) is 10.9 Å². The number of fused-ring (bicyclic) bond motifs is 2. The summed E-state index contributed by atoms with van der Waals surface area (Å²) in [5.41, 5.74) is 0. The number of aliphatic imine (C=N–C) groups is 1. The first-order valence-corrected chi connectivity index (χ1v) is 9.21. The fourth-order valence-electron chi connectivity index (χ4n) is 3.61. The third-order valence-electron chi connectivity index (χ3n) is 4.87. The van der Waals surface area contributed by atoms with Gasteiger partial charge in [0.15, 0.2) is 5.96 Å². The molecule has 0 radical (unpaired) electrons. The summed E-state index contributed by atoms with van der Waals surface area (Å²) in [6, 6.07) is 0.421. The van der Waals surface area contributed by atoms with E-state index >= 15 is 0 Å². The second-order valence-electron chi connectivity index (χ2n) is 6.78. The summed E-state index contributed by atoms with van der Waals surface area (Å²) in [6.45, 7) is 7.12. The van der Waals surface area contributed by atoms with Gasteiger partial charge in [-0.05, 0) is 39.0 Å². The van der Waals surface area contributed by atoms with E-state index in [9.17, 15) is 0 Å². The van der Waals surface area contributed by atoms with Crippen LogP contribution in [-0.2, 0) is 14.2 Å². The van der Waals surface area contributed by atoms with E-state index in [1.165, 1.54) is 12.8 Å². The van der Waals surface area contributed by atoms with Crippen LogP contribution >= 0.6 is 24.0 Å². The summed E-state index contributed by atoms with van der Waals surface area (Å²) in [4.78, 5) is 4.66. The summed E-state index contributed by atoms with van der Waals surface area (Å²) >= 11 is 0. The van der Waals surface area contributed by atoms with E-state index in [1.54, 1.807) is 0 Å². The van der Waals surface area contributed by atoms with Crippen LogP contribution in [0.1, 0.15) is 39.0 Å². The zero-order chi connectivity index (χ0) is 15.9. The molecule has 2 N–H and O–H groups in total. The van der Waals surface area contributed by atoms with E-state index in [-0.39, 0.29) is 24.0 Å². The Morgan fingerprint density at radius 3 is 2.88 bits per heavy atom. The SMILES string of the molecule is CCNC(=NCCCOCC1CCOC1)NC1CC2CCC1O2.I. The lowest BCUT2D eigenvalue weighted by molar-refractivity contribution is 0.0893. The van der Waals surface area contributed by atoms with Crippen LogP contribution in [0, 0.1) is 5.92 Å². The predicted molar refractivity (Wildman–Crippen MR) is 105 cm³/mol. The Bertz CT molecular complexity index is 391. The summed E-state index contributed by atoms with van der Waals surface area (Å²) < 4.78 is 17.0. The molecule has 24 heavy (non-hydrogen) atoms. The van der Waals surface area contributed by atoms with Crippen LogP contribution in [0.2, 0.25) is 0 Å². The van der Waals surface area contributed by atoms with E-state index in [4.69, 9.17) is 14.2 Å². The van der Waals surface area contributed by atoms with Gasteiger partial charge in [-0.15, -0.1) is 24.0 Å². The Hall–Kier alpha value is -0.120. The number of hydrogen-bond acceptors (Lipinski definition) is 4. The molecule has 3 rings (SSSR count). The average Bonchev–Trinajstić information content (AvgIpc) is 3.28. The molecule has 4 unspecified atom stereocenters. The van der Waals surface area contributed by atoms with Gasteiger partial charge in [-0.1, -0.05) is 0 Å². The highest BCUT2D eigenvalue weighted by atomic mass is 127. The molecule has 140 valence electrons. The maximum atomic E-state index is 5.89. The maximum absolute atomic E-state index is 5.89. The lowest BCUT2D eigenvalue weighted by Crippen LogP contribution is -2.47. The topological polar surface area (TPSA) is 64.1 Å². The Kier molecular flexibility index (Phi) is 9.07. The molecule has 3 saturated heterocycles. The van der Waals surface area contributed by atoms with E-state index in [2.05, 4.69) is 22.5 Å². The molecular weight excluding hydrogens is 421 g/mol. The molecule has 0 aliphatic carbocycles. The van der Waals surface area contributed by atoms with Crippen molar-refractivity contribution in [1.29, 1.82) is 0 Å². The van der Waals surface area contributed by atoms with Gasteiger partial charge in [0.25, 0.3) is 0 Å². The number of hydrogen-bond donors (Lipinski definition) is 2. The number of nitrogens with zero attached hydrogens (tertiary/aromatic N) is 1. The second-order valence-corrected chi connectivity index (χ2v) is 6.78. The van der Waals surface area contributed by atoms with E-state index < -0.39 is 0 Å². The summed E-state index contributed by atoms with van der Waals surface area (Å²) in [7, 11) is 0. The smallest absolute Gasteiger partial charge is 0.191 e. The van der Waals surface area contributed by atoms with Gasteiger partial charge in [-0.3, -0.25) is 4.99 Å². The van der Waals surface area contributed by atoms with Crippen molar-refractivity contribution in [1.82, 2.24) is 10.6 Å². The third-order valence-corrected chi connectivity index (χ3v) is 4.87. The molecule has 3 heterocycles. The standard InChI is InChI=1S/C17H31N3O3.HI/c1-2-18-17(20-15-10-14-4-5-16(15)23-14)19-7-3-8-21-11-13-6-9-22-12-13;/h13-16H,2-12H2,1H3,(H2,18,19,20);1H.